The summed E-state index contributed by atoms with van der Waals surface area (Å²) >= 11 is 5.72. The van der Waals surface area contributed by atoms with Crippen molar-refractivity contribution in [1.82, 2.24) is 14.6 Å². The van der Waals surface area contributed by atoms with Crippen molar-refractivity contribution in [1.29, 1.82) is 0 Å². The maximum Gasteiger partial charge on any atom is 0.167 e. The highest BCUT2D eigenvalue weighted by Gasteiger charge is 2.10. The maximum atomic E-state index is 10.6. The zero-order chi connectivity index (χ0) is 9.42. The summed E-state index contributed by atoms with van der Waals surface area (Å²) in [7, 11) is 0. The van der Waals surface area contributed by atoms with Crippen molar-refractivity contribution >= 4 is 23.5 Å². The van der Waals surface area contributed by atoms with Gasteiger partial charge in [0.1, 0.15) is 0 Å². The molecule has 0 aromatic carbocycles. The SMILES string of the molecule is Cc1cnc2c(C=O)c(Cl)nn2c1. The van der Waals surface area contributed by atoms with Gasteiger partial charge < -0.3 is 0 Å². The molecule has 5 heteroatoms. The molecule has 0 fully saturated rings. The lowest BCUT2D eigenvalue weighted by atomic mass is 10.3. The van der Waals surface area contributed by atoms with Gasteiger partial charge in [-0.2, -0.15) is 5.10 Å². The highest BCUT2D eigenvalue weighted by molar-refractivity contribution is 6.32. The molecule has 4 nitrogen and oxygen atoms in total. The Bertz CT molecular complexity index is 477. The molecule has 0 saturated heterocycles. The summed E-state index contributed by atoms with van der Waals surface area (Å²) in [5.41, 5.74) is 1.79. The van der Waals surface area contributed by atoms with Gasteiger partial charge in [-0.25, -0.2) is 9.50 Å². The molecule has 0 aliphatic carbocycles. The fourth-order valence-corrected chi connectivity index (χ4v) is 1.33. The van der Waals surface area contributed by atoms with Crippen molar-refractivity contribution < 1.29 is 4.79 Å². The third-order valence-electron chi connectivity index (χ3n) is 1.71. The van der Waals surface area contributed by atoms with E-state index >= 15 is 0 Å². The number of fused-ring (bicyclic) bond motifs is 1. The first-order valence-electron chi connectivity index (χ1n) is 3.68. The van der Waals surface area contributed by atoms with Gasteiger partial charge >= 0.3 is 0 Å². The van der Waals surface area contributed by atoms with Gasteiger partial charge in [-0.05, 0) is 12.5 Å². The largest absolute Gasteiger partial charge is 0.298 e. The van der Waals surface area contributed by atoms with Gasteiger partial charge in [0.25, 0.3) is 0 Å². The monoisotopic (exact) mass is 195 g/mol. The van der Waals surface area contributed by atoms with Crippen LogP contribution in [0, 0.1) is 6.92 Å². The van der Waals surface area contributed by atoms with Crippen LogP contribution in [0.1, 0.15) is 15.9 Å². The first-order chi connectivity index (χ1) is 6.22. The van der Waals surface area contributed by atoms with Crippen LogP contribution < -0.4 is 0 Å². The standard InChI is InChI=1S/C8H6ClN3O/c1-5-2-10-8-6(4-13)7(9)11-12(8)3-5/h2-4H,1H3. The number of carbonyl (C=O) groups excluding carboxylic acids is 1. The Morgan fingerprint density at radius 3 is 3.08 bits per heavy atom. The van der Waals surface area contributed by atoms with Crippen LogP contribution in [0.15, 0.2) is 12.4 Å². The number of aldehydes is 1. The van der Waals surface area contributed by atoms with Gasteiger partial charge in [0.05, 0.1) is 5.56 Å². The Labute approximate surface area is 79.2 Å². The molecular weight excluding hydrogens is 190 g/mol. The van der Waals surface area contributed by atoms with Crippen LogP contribution in [-0.2, 0) is 0 Å². The summed E-state index contributed by atoms with van der Waals surface area (Å²) < 4.78 is 1.50. The van der Waals surface area contributed by atoms with Gasteiger partial charge in [-0.3, -0.25) is 4.79 Å². The van der Waals surface area contributed by atoms with E-state index in [1.165, 1.54) is 4.52 Å². The van der Waals surface area contributed by atoms with Crippen LogP contribution in [0.4, 0.5) is 0 Å². The average Bonchev–Trinajstić information content (AvgIpc) is 2.39. The molecule has 0 aliphatic heterocycles. The van der Waals surface area contributed by atoms with Crippen molar-refractivity contribution in [2.45, 2.75) is 6.92 Å². The van der Waals surface area contributed by atoms with Crippen LogP contribution in [0.25, 0.3) is 5.65 Å². The lowest BCUT2D eigenvalue weighted by Crippen LogP contribution is -1.91. The van der Waals surface area contributed by atoms with Crippen molar-refractivity contribution in [2.24, 2.45) is 0 Å². The van der Waals surface area contributed by atoms with E-state index in [-0.39, 0.29) is 5.15 Å². The minimum absolute atomic E-state index is 0.188. The van der Waals surface area contributed by atoms with E-state index in [1.807, 2.05) is 6.92 Å². The molecule has 0 spiro atoms. The van der Waals surface area contributed by atoms with E-state index in [4.69, 9.17) is 11.6 Å². The zero-order valence-corrected chi connectivity index (χ0v) is 7.62. The Morgan fingerprint density at radius 1 is 1.62 bits per heavy atom. The topological polar surface area (TPSA) is 47.3 Å². The third kappa shape index (κ3) is 1.19. The molecule has 0 saturated carbocycles. The van der Waals surface area contributed by atoms with Crippen LogP contribution in [0.5, 0.6) is 0 Å². The molecule has 0 aliphatic rings. The minimum atomic E-state index is 0.188. The molecule has 0 amide bonds. The van der Waals surface area contributed by atoms with Crippen LogP contribution in [-0.4, -0.2) is 20.9 Å². The molecule has 2 aromatic heterocycles. The number of aryl methyl sites for hydroxylation is 1. The molecule has 2 rings (SSSR count). The van der Waals surface area contributed by atoms with Crippen molar-refractivity contribution in [3.05, 3.63) is 28.7 Å². The Hall–Kier alpha value is -1.42. The summed E-state index contributed by atoms with van der Waals surface area (Å²) in [6.07, 6.45) is 4.09. The van der Waals surface area contributed by atoms with Gasteiger partial charge in [-0.1, -0.05) is 11.6 Å². The third-order valence-corrected chi connectivity index (χ3v) is 1.99. The summed E-state index contributed by atoms with van der Waals surface area (Å²) in [5, 5.41) is 4.12. The van der Waals surface area contributed by atoms with Gasteiger partial charge in [0.2, 0.25) is 0 Å². The second kappa shape index (κ2) is 2.81. The highest BCUT2D eigenvalue weighted by atomic mass is 35.5. The van der Waals surface area contributed by atoms with Crippen LogP contribution in [0.2, 0.25) is 5.15 Å². The first-order valence-corrected chi connectivity index (χ1v) is 4.06. The van der Waals surface area contributed by atoms with E-state index in [2.05, 4.69) is 10.1 Å². The number of rotatable bonds is 1. The number of carbonyl (C=O) groups is 1. The summed E-state index contributed by atoms with van der Waals surface area (Å²) in [6, 6.07) is 0. The number of nitrogens with zero attached hydrogens (tertiary/aromatic N) is 3. The molecule has 66 valence electrons. The number of hydrogen-bond acceptors (Lipinski definition) is 3. The van der Waals surface area contributed by atoms with E-state index < -0.39 is 0 Å². The molecule has 13 heavy (non-hydrogen) atoms. The number of halogens is 1. The van der Waals surface area contributed by atoms with Crippen LogP contribution in [0.3, 0.4) is 0 Å². The normalized spacial score (nSPS) is 10.6. The highest BCUT2D eigenvalue weighted by Crippen LogP contribution is 2.16. The van der Waals surface area contributed by atoms with Gasteiger partial charge in [0.15, 0.2) is 17.1 Å². The number of aromatic nitrogens is 3. The Kier molecular flexibility index (Phi) is 1.77. The fraction of sp³-hybridized carbons (Fsp3) is 0.125. The lowest BCUT2D eigenvalue weighted by Gasteiger charge is -1.93. The molecular formula is C8H6ClN3O. The van der Waals surface area contributed by atoms with E-state index in [0.29, 0.717) is 17.5 Å². The maximum absolute atomic E-state index is 10.6. The lowest BCUT2D eigenvalue weighted by molar-refractivity contribution is 0.112. The minimum Gasteiger partial charge on any atom is -0.298 e. The summed E-state index contributed by atoms with van der Waals surface area (Å²) in [6.45, 7) is 1.89. The Balaban J connectivity index is 2.86. The van der Waals surface area contributed by atoms with Gasteiger partial charge in [-0.15, -0.1) is 0 Å². The number of hydrogen-bond donors (Lipinski definition) is 0. The summed E-state index contributed by atoms with van der Waals surface area (Å²) in [4.78, 5) is 14.7. The molecule has 2 aromatic rings. The quantitative estimate of drug-likeness (QED) is 0.648. The molecule has 0 unspecified atom stereocenters. The molecule has 0 bridgehead atoms. The van der Waals surface area contributed by atoms with Crippen molar-refractivity contribution in [3.8, 4) is 0 Å². The predicted octanol–water partition coefficient (Wildman–Crippen LogP) is 1.50. The zero-order valence-electron chi connectivity index (χ0n) is 6.86. The van der Waals surface area contributed by atoms with Crippen molar-refractivity contribution in [2.75, 3.05) is 0 Å². The van der Waals surface area contributed by atoms with E-state index in [0.717, 1.165) is 5.56 Å². The molecule has 0 N–H and O–H groups in total. The summed E-state index contributed by atoms with van der Waals surface area (Å²) in [5.74, 6) is 0. The first kappa shape index (κ1) is 8.19. The van der Waals surface area contributed by atoms with Crippen LogP contribution >= 0.6 is 11.6 Å². The predicted molar refractivity (Wildman–Crippen MR) is 48.1 cm³/mol. The second-order valence-corrected chi connectivity index (χ2v) is 3.08. The van der Waals surface area contributed by atoms with E-state index in [9.17, 15) is 4.79 Å². The van der Waals surface area contributed by atoms with E-state index in [1.54, 1.807) is 12.4 Å². The molecule has 0 atom stereocenters. The Morgan fingerprint density at radius 2 is 2.38 bits per heavy atom. The average molecular weight is 196 g/mol. The smallest absolute Gasteiger partial charge is 0.167 e. The molecule has 0 radical (unpaired) electrons. The van der Waals surface area contributed by atoms with Gasteiger partial charge in [0, 0.05) is 12.4 Å². The molecule has 2 heterocycles. The fourth-order valence-electron chi connectivity index (χ4n) is 1.12. The second-order valence-electron chi connectivity index (χ2n) is 2.72. The van der Waals surface area contributed by atoms with Crippen molar-refractivity contribution in [3.63, 3.8) is 0 Å².